The fourth-order valence-corrected chi connectivity index (χ4v) is 4.85. The van der Waals surface area contributed by atoms with E-state index in [1.807, 2.05) is 6.92 Å². The molecule has 3 N–H and O–H groups in total. The Bertz CT molecular complexity index is 1330. The largest absolute Gasteiger partial charge is 0.481 e. The number of nitrogens with one attached hydrogen (secondary N) is 2. The standard InChI is InChI=1S/C28H33FN6O5/c1-28(26(38)32-20-5-3-2-4-6-20)16-39-25(40-17-28)24-33-21(18-7-9-19(29)10-8-18)15-35(24)22-11-13-30-27(34-22)31-14-12-23(36)37/h7-11,13,15,20,25H,2-6,12,14,16-17H2,1H3,(H,32,38)(H,36,37)(H,30,31,34). The molecule has 1 amide bonds. The van der Waals surface area contributed by atoms with E-state index in [2.05, 4.69) is 20.6 Å². The van der Waals surface area contributed by atoms with Crippen LogP contribution in [-0.4, -0.2) is 62.3 Å². The number of benzene rings is 1. The number of nitrogens with zero attached hydrogens (tertiary/aromatic N) is 4. The van der Waals surface area contributed by atoms with Crippen LogP contribution < -0.4 is 10.6 Å². The Balaban J connectivity index is 1.37. The fourth-order valence-electron chi connectivity index (χ4n) is 4.85. The lowest BCUT2D eigenvalue weighted by Gasteiger charge is -2.37. The van der Waals surface area contributed by atoms with Gasteiger partial charge in [0.1, 0.15) is 11.6 Å². The summed E-state index contributed by atoms with van der Waals surface area (Å²) >= 11 is 0. The maximum Gasteiger partial charge on any atom is 0.305 e. The van der Waals surface area contributed by atoms with Gasteiger partial charge in [-0.05, 0) is 50.1 Å². The molecular formula is C28H33FN6O5. The van der Waals surface area contributed by atoms with Gasteiger partial charge in [-0.1, -0.05) is 19.3 Å². The van der Waals surface area contributed by atoms with Crippen LogP contribution in [0.3, 0.4) is 0 Å². The number of hydrogen-bond acceptors (Lipinski definition) is 8. The van der Waals surface area contributed by atoms with Crippen LogP contribution in [0.25, 0.3) is 17.1 Å². The Kier molecular flexibility index (Phi) is 8.36. The summed E-state index contributed by atoms with van der Waals surface area (Å²) in [5.41, 5.74) is 0.383. The number of carboxylic acid groups (broad SMARTS) is 1. The molecule has 3 heterocycles. The normalized spacial score (nSPS) is 21.6. The zero-order valence-electron chi connectivity index (χ0n) is 22.3. The highest BCUT2D eigenvalue weighted by atomic mass is 19.1. The van der Waals surface area contributed by atoms with Crippen LogP contribution in [0.4, 0.5) is 10.3 Å². The monoisotopic (exact) mass is 552 g/mol. The van der Waals surface area contributed by atoms with Gasteiger partial charge in [0, 0.05) is 30.5 Å². The molecule has 1 saturated heterocycles. The number of carboxylic acids is 1. The lowest BCUT2D eigenvalue weighted by molar-refractivity contribution is -0.231. The molecule has 0 radical (unpaired) electrons. The number of aromatic nitrogens is 4. The van der Waals surface area contributed by atoms with Crippen molar-refractivity contribution in [3.63, 3.8) is 0 Å². The molecule has 0 spiro atoms. The molecule has 2 aromatic heterocycles. The molecule has 0 unspecified atom stereocenters. The fraction of sp³-hybridized carbons (Fsp3) is 0.464. The minimum absolute atomic E-state index is 0.0823. The number of carbonyl (C=O) groups excluding carboxylic acids is 1. The third kappa shape index (κ3) is 6.45. The average Bonchev–Trinajstić information content (AvgIpc) is 3.40. The first-order valence-corrected chi connectivity index (χ1v) is 13.5. The van der Waals surface area contributed by atoms with Crippen molar-refractivity contribution < 1.29 is 28.6 Å². The Labute approximate surface area is 231 Å². The average molecular weight is 553 g/mol. The second-order valence-electron chi connectivity index (χ2n) is 10.5. The number of imidazole rings is 1. The highest BCUT2D eigenvalue weighted by molar-refractivity contribution is 5.83. The zero-order chi connectivity index (χ0) is 28.1. The van der Waals surface area contributed by atoms with Gasteiger partial charge in [0.2, 0.25) is 18.1 Å². The summed E-state index contributed by atoms with van der Waals surface area (Å²) < 4.78 is 27.4. The first-order valence-electron chi connectivity index (χ1n) is 13.5. The highest BCUT2D eigenvalue weighted by Gasteiger charge is 2.42. The van der Waals surface area contributed by atoms with Crippen molar-refractivity contribution in [1.82, 2.24) is 24.8 Å². The van der Waals surface area contributed by atoms with E-state index in [0.717, 1.165) is 25.7 Å². The number of rotatable bonds is 9. The molecule has 0 atom stereocenters. The minimum atomic E-state index is -0.935. The molecule has 1 saturated carbocycles. The third-order valence-electron chi connectivity index (χ3n) is 7.19. The quantitative estimate of drug-likeness (QED) is 0.361. The number of hydrogen-bond donors (Lipinski definition) is 3. The van der Waals surface area contributed by atoms with Crippen molar-refractivity contribution in [3.05, 3.63) is 54.4 Å². The van der Waals surface area contributed by atoms with Gasteiger partial charge >= 0.3 is 5.97 Å². The predicted octanol–water partition coefficient (Wildman–Crippen LogP) is 3.86. The maximum atomic E-state index is 13.6. The molecule has 12 heteroatoms. The van der Waals surface area contributed by atoms with Gasteiger partial charge in [0.05, 0.1) is 30.7 Å². The van der Waals surface area contributed by atoms with E-state index in [0.29, 0.717) is 22.9 Å². The van der Waals surface area contributed by atoms with E-state index in [-0.39, 0.29) is 49.9 Å². The van der Waals surface area contributed by atoms with Gasteiger partial charge in [-0.25, -0.2) is 14.4 Å². The number of halogens is 1. The number of ether oxygens (including phenoxy) is 2. The molecule has 1 aliphatic heterocycles. The molecule has 212 valence electrons. The van der Waals surface area contributed by atoms with Gasteiger partial charge in [0.25, 0.3) is 0 Å². The molecule has 2 aliphatic rings. The van der Waals surface area contributed by atoms with Crippen LogP contribution in [0.5, 0.6) is 0 Å². The molecule has 3 aromatic rings. The molecule has 2 fully saturated rings. The third-order valence-corrected chi connectivity index (χ3v) is 7.19. The van der Waals surface area contributed by atoms with Gasteiger partial charge in [-0.15, -0.1) is 0 Å². The summed E-state index contributed by atoms with van der Waals surface area (Å²) in [6.45, 7) is 2.27. The summed E-state index contributed by atoms with van der Waals surface area (Å²) in [6.07, 6.45) is 7.73. The number of amides is 1. The summed E-state index contributed by atoms with van der Waals surface area (Å²) in [5, 5.41) is 15.0. The summed E-state index contributed by atoms with van der Waals surface area (Å²) in [4.78, 5) is 37.4. The van der Waals surface area contributed by atoms with Crippen molar-refractivity contribution in [3.8, 4) is 17.1 Å². The van der Waals surface area contributed by atoms with Gasteiger partial charge in [0.15, 0.2) is 5.82 Å². The molecule has 1 aromatic carbocycles. The van der Waals surface area contributed by atoms with Crippen LogP contribution in [0.1, 0.15) is 57.6 Å². The molecule has 40 heavy (non-hydrogen) atoms. The first-order chi connectivity index (χ1) is 19.3. The molecule has 11 nitrogen and oxygen atoms in total. The van der Waals surface area contributed by atoms with Crippen LogP contribution >= 0.6 is 0 Å². The molecule has 5 rings (SSSR count). The Morgan fingerprint density at radius 3 is 2.52 bits per heavy atom. The topological polar surface area (TPSA) is 140 Å². The van der Waals surface area contributed by atoms with Crippen LogP contribution in [0.2, 0.25) is 0 Å². The van der Waals surface area contributed by atoms with E-state index in [9.17, 15) is 14.0 Å². The number of aliphatic carboxylic acids is 1. The predicted molar refractivity (Wildman–Crippen MR) is 143 cm³/mol. The smallest absolute Gasteiger partial charge is 0.305 e. The number of carbonyl (C=O) groups is 2. The zero-order valence-corrected chi connectivity index (χ0v) is 22.3. The van der Waals surface area contributed by atoms with Crippen LogP contribution in [0, 0.1) is 11.2 Å². The first kappa shape index (κ1) is 27.7. The SMILES string of the molecule is CC1(C(=O)NC2CCCCC2)COC(c2nc(-c3ccc(F)cc3)cn2-c2ccnc(NCCC(=O)O)n2)OC1. The van der Waals surface area contributed by atoms with E-state index in [1.54, 1.807) is 35.2 Å². The lowest BCUT2D eigenvalue weighted by atomic mass is 9.89. The van der Waals surface area contributed by atoms with Crippen molar-refractivity contribution in [2.24, 2.45) is 5.41 Å². The van der Waals surface area contributed by atoms with Crippen molar-refractivity contribution in [2.45, 2.75) is 57.8 Å². The summed E-state index contributed by atoms with van der Waals surface area (Å²) in [5.74, 6) is -0.291. The molecular weight excluding hydrogens is 519 g/mol. The van der Waals surface area contributed by atoms with Crippen molar-refractivity contribution in [1.29, 1.82) is 0 Å². The van der Waals surface area contributed by atoms with Crippen LogP contribution in [-0.2, 0) is 19.1 Å². The second kappa shape index (κ2) is 12.1. The summed E-state index contributed by atoms with van der Waals surface area (Å²) in [6, 6.07) is 7.82. The van der Waals surface area contributed by atoms with Gasteiger partial charge < -0.3 is 25.2 Å². The van der Waals surface area contributed by atoms with Crippen molar-refractivity contribution >= 4 is 17.8 Å². The summed E-state index contributed by atoms with van der Waals surface area (Å²) in [7, 11) is 0. The van der Waals surface area contributed by atoms with E-state index < -0.39 is 17.7 Å². The highest BCUT2D eigenvalue weighted by Crippen LogP contribution is 2.34. The van der Waals surface area contributed by atoms with E-state index in [4.69, 9.17) is 19.6 Å². The van der Waals surface area contributed by atoms with E-state index in [1.165, 1.54) is 18.6 Å². The van der Waals surface area contributed by atoms with Gasteiger partial charge in [-0.3, -0.25) is 14.2 Å². The molecule has 1 aliphatic carbocycles. The second-order valence-corrected chi connectivity index (χ2v) is 10.5. The Morgan fingerprint density at radius 2 is 1.82 bits per heavy atom. The van der Waals surface area contributed by atoms with Crippen LogP contribution in [0.15, 0.2) is 42.7 Å². The van der Waals surface area contributed by atoms with Gasteiger partial charge in [-0.2, -0.15) is 4.98 Å². The lowest BCUT2D eigenvalue weighted by Crippen LogP contribution is -2.51. The van der Waals surface area contributed by atoms with E-state index >= 15 is 0 Å². The minimum Gasteiger partial charge on any atom is -0.481 e. The Hall–Kier alpha value is -3.90. The van der Waals surface area contributed by atoms with Crippen molar-refractivity contribution in [2.75, 3.05) is 25.1 Å². The number of anilines is 1. The Morgan fingerprint density at radius 1 is 1.10 bits per heavy atom. The maximum absolute atomic E-state index is 13.6. The molecule has 0 bridgehead atoms.